The van der Waals surface area contributed by atoms with Gasteiger partial charge in [-0.05, 0) is 59.5 Å². The van der Waals surface area contributed by atoms with Crippen LogP contribution in [0.25, 0.3) is 16.7 Å². The number of ether oxygens (including phenoxy) is 2. The predicted octanol–water partition coefficient (Wildman–Crippen LogP) is 6.82. The van der Waals surface area contributed by atoms with E-state index < -0.39 is 12.3 Å². The van der Waals surface area contributed by atoms with E-state index in [0.717, 1.165) is 29.0 Å². The maximum absolute atomic E-state index is 13.1. The normalized spacial score (nSPS) is 11.3. The number of hydrogen-bond donors (Lipinski definition) is 3. The molecular weight excluding hydrogens is 588 g/mol. The molecule has 2 heterocycles. The fourth-order valence-electron chi connectivity index (χ4n) is 4.00. The number of carbonyl (C=O) groups is 2. The van der Waals surface area contributed by atoms with E-state index in [2.05, 4.69) is 57.8 Å². The van der Waals surface area contributed by atoms with E-state index in [4.69, 9.17) is 0 Å². The molecule has 2 aromatic carbocycles. The number of aromatic nitrogens is 2. The Labute approximate surface area is 260 Å². The van der Waals surface area contributed by atoms with Gasteiger partial charge in [0.2, 0.25) is 11.9 Å². The molecule has 4 aromatic rings. The molecule has 3 N–H and O–H groups in total. The summed E-state index contributed by atoms with van der Waals surface area (Å²) in [6, 6.07) is 15.5. The molecule has 0 fully saturated rings. The van der Waals surface area contributed by atoms with Crippen molar-refractivity contribution in [3.05, 3.63) is 82.6 Å². The predicted molar refractivity (Wildman–Crippen MR) is 172 cm³/mol. The number of imidazole rings is 1. The lowest BCUT2D eigenvalue weighted by molar-refractivity contribution is -0.111. The van der Waals surface area contributed by atoms with Gasteiger partial charge in [-0.25, -0.2) is 13.8 Å². The van der Waals surface area contributed by atoms with E-state index in [0.29, 0.717) is 36.6 Å². The van der Waals surface area contributed by atoms with Crippen LogP contribution < -0.4 is 16.0 Å². The summed E-state index contributed by atoms with van der Waals surface area (Å²) in [6.07, 6.45) is -1.47. The highest BCUT2D eigenvalue weighted by Gasteiger charge is 2.20. The number of carbonyl (C=O) groups excluding carboxylic acids is 2. The minimum absolute atomic E-state index is 0.140. The van der Waals surface area contributed by atoms with Crippen molar-refractivity contribution in [3.8, 4) is 5.69 Å². The van der Waals surface area contributed by atoms with Crippen LogP contribution in [-0.4, -0.2) is 55.3 Å². The first-order valence-corrected chi connectivity index (χ1v) is 14.7. The largest absolute Gasteiger partial charge is 0.382 e. The zero-order valence-electron chi connectivity index (χ0n) is 25.6. The van der Waals surface area contributed by atoms with Gasteiger partial charge in [0.25, 0.3) is 12.3 Å². The van der Waals surface area contributed by atoms with Gasteiger partial charge in [-0.15, -0.1) is 11.3 Å². The molecule has 0 unspecified atom stereocenters. The van der Waals surface area contributed by atoms with Gasteiger partial charge in [0.05, 0.1) is 39.7 Å². The molecule has 0 aliphatic heterocycles. The first-order valence-electron chi connectivity index (χ1n) is 13.9. The third-order valence-corrected chi connectivity index (χ3v) is 7.13. The van der Waals surface area contributed by atoms with Crippen LogP contribution in [0.5, 0.6) is 0 Å². The van der Waals surface area contributed by atoms with Gasteiger partial charge in [-0.2, -0.15) is 0 Å². The van der Waals surface area contributed by atoms with E-state index >= 15 is 0 Å². The first kappa shape index (κ1) is 34.5. The second-order valence-corrected chi connectivity index (χ2v) is 12.1. The minimum atomic E-state index is -2.65. The van der Waals surface area contributed by atoms with E-state index in [1.54, 1.807) is 37.0 Å². The van der Waals surface area contributed by atoms with Crippen molar-refractivity contribution in [2.45, 2.75) is 33.7 Å². The Morgan fingerprint density at radius 3 is 2.39 bits per heavy atom. The van der Waals surface area contributed by atoms with Crippen LogP contribution in [0.3, 0.4) is 0 Å². The number of nitrogens with zero attached hydrogens (tertiary/aromatic N) is 2. The number of halogens is 2. The van der Waals surface area contributed by atoms with E-state index in [9.17, 15) is 18.4 Å². The number of rotatable bonds is 12. The zero-order chi connectivity index (χ0) is 32.3. The average molecular weight is 628 g/mol. The highest BCUT2D eigenvalue weighted by atomic mass is 32.1. The summed E-state index contributed by atoms with van der Waals surface area (Å²) in [5.41, 5.74) is 3.72. The molecular formula is C32H39F2N5O4S. The van der Waals surface area contributed by atoms with Crippen LogP contribution in [0, 0.1) is 5.41 Å². The molecule has 2 amide bonds. The zero-order valence-corrected chi connectivity index (χ0v) is 26.4. The van der Waals surface area contributed by atoms with Gasteiger partial charge in [0, 0.05) is 33.0 Å². The lowest BCUT2D eigenvalue weighted by Gasteiger charge is -2.18. The van der Waals surface area contributed by atoms with Crippen molar-refractivity contribution in [2.75, 3.05) is 44.6 Å². The minimum Gasteiger partial charge on any atom is -0.382 e. The molecule has 0 spiro atoms. The van der Waals surface area contributed by atoms with E-state index in [1.807, 2.05) is 24.3 Å². The van der Waals surface area contributed by atoms with Gasteiger partial charge in [-0.1, -0.05) is 39.5 Å². The third kappa shape index (κ3) is 10.1. The third-order valence-electron chi connectivity index (χ3n) is 6.04. The second kappa shape index (κ2) is 16.2. The molecule has 12 heteroatoms. The number of methoxy groups -OCH3 is 2. The fraction of sp³-hybridized carbons (Fsp3) is 0.344. The fourth-order valence-corrected chi connectivity index (χ4v) is 4.76. The van der Waals surface area contributed by atoms with Gasteiger partial charge in [-0.3, -0.25) is 19.5 Å². The molecule has 0 radical (unpaired) electrons. The van der Waals surface area contributed by atoms with Gasteiger partial charge >= 0.3 is 0 Å². The lowest BCUT2D eigenvalue weighted by atomic mass is 9.97. The maximum Gasteiger partial charge on any atom is 0.272 e. The molecule has 0 atom stereocenters. The summed E-state index contributed by atoms with van der Waals surface area (Å²) >= 11 is 0.738. The summed E-state index contributed by atoms with van der Waals surface area (Å²) in [4.78, 5) is 29.5. The van der Waals surface area contributed by atoms with Crippen LogP contribution in [0.15, 0.2) is 67.3 Å². The van der Waals surface area contributed by atoms with Gasteiger partial charge in [0.15, 0.2) is 0 Å². The summed E-state index contributed by atoms with van der Waals surface area (Å²) in [6.45, 7) is 12.8. The Kier molecular flexibility index (Phi) is 12.7. The standard InChI is InChI=1S/C28H29F2N5O2S.C4H10O2/c1-5-24(36)32-18-7-6-8-19(14-18)35-21-10-9-17(15-31-16-28(2,3)4)13-20(21)33-27(35)34-26(37)23-12-11-22(38-23)25(29)30;1-5-3-4-6-2/h5-14,25,31H,1,15-16H2,2-4H3,(H,32,36)(H,33,34,37);3-4H2,1-2H3. The number of alkyl halides is 2. The van der Waals surface area contributed by atoms with Crippen LogP contribution in [0.1, 0.15) is 47.3 Å². The molecule has 4 rings (SSSR count). The monoisotopic (exact) mass is 627 g/mol. The number of nitrogens with one attached hydrogen (secondary N) is 3. The van der Waals surface area contributed by atoms with Crippen LogP contribution in [0.2, 0.25) is 0 Å². The Morgan fingerprint density at radius 2 is 1.77 bits per heavy atom. The number of anilines is 2. The number of benzene rings is 2. The van der Waals surface area contributed by atoms with Crippen molar-refractivity contribution in [3.63, 3.8) is 0 Å². The number of fused-ring (bicyclic) bond motifs is 1. The summed E-state index contributed by atoms with van der Waals surface area (Å²) in [5.74, 6) is -0.670. The average Bonchev–Trinajstić information content (AvgIpc) is 3.61. The molecule has 236 valence electrons. The first-order chi connectivity index (χ1) is 20.9. The van der Waals surface area contributed by atoms with E-state index in [-0.39, 0.29) is 27.0 Å². The number of thiophene rings is 1. The van der Waals surface area contributed by atoms with Crippen molar-refractivity contribution >= 4 is 45.8 Å². The molecule has 44 heavy (non-hydrogen) atoms. The Morgan fingerprint density at radius 1 is 1.05 bits per heavy atom. The highest BCUT2D eigenvalue weighted by Crippen LogP contribution is 2.30. The smallest absolute Gasteiger partial charge is 0.272 e. The maximum atomic E-state index is 13.1. The van der Waals surface area contributed by atoms with Crippen LogP contribution in [0.4, 0.5) is 20.4 Å². The topological polar surface area (TPSA) is 107 Å². The molecule has 0 bridgehead atoms. The van der Waals surface area contributed by atoms with Gasteiger partial charge < -0.3 is 20.1 Å². The molecule has 0 aliphatic carbocycles. The Bertz CT molecular complexity index is 1560. The quantitative estimate of drug-likeness (QED) is 0.118. The number of hydrogen-bond acceptors (Lipinski definition) is 7. The van der Waals surface area contributed by atoms with Crippen LogP contribution >= 0.6 is 11.3 Å². The van der Waals surface area contributed by atoms with Crippen LogP contribution in [-0.2, 0) is 20.8 Å². The lowest BCUT2D eigenvalue weighted by Crippen LogP contribution is -2.26. The van der Waals surface area contributed by atoms with Crippen molar-refractivity contribution in [2.24, 2.45) is 5.41 Å². The molecule has 0 saturated heterocycles. The molecule has 9 nitrogen and oxygen atoms in total. The highest BCUT2D eigenvalue weighted by molar-refractivity contribution is 7.14. The molecule has 2 aromatic heterocycles. The Balaban J connectivity index is 0.000000801. The van der Waals surface area contributed by atoms with Crippen molar-refractivity contribution in [1.29, 1.82) is 0 Å². The summed E-state index contributed by atoms with van der Waals surface area (Å²) in [5, 5.41) is 8.95. The molecule has 0 saturated carbocycles. The summed E-state index contributed by atoms with van der Waals surface area (Å²) < 4.78 is 37.2. The number of amides is 2. The second-order valence-electron chi connectivity index (χ2n) is 10.9. The SMILES string of the molecule is C=CC(=O)Nc1cccc(-n2c(NC(=O)c3ccc(C(F)F)s3)nc3cc(CNCC(C)(C)C)ccc32)c1.COCCOC. The van der Waals surface area contributed by atoms with Crippen molar-refractivity contribution in [1.82, 2.24) is 14.9 Å². The van der Waals surface area contributed by atoms with Gasteiger partial charge in [0.1, 0.15) is 0 Å². The molecule has 0 aliphatic rings. The summed E-state index contributed by atoms with van der Waals surface area (Å²) in [7, 11) is 3.30. The Hall–Kier alpha value is -3.97. The van der Waals surface area contributed by atoms with E-state index in [1.165, 1.54) is 18.2 Å². The van der Waals surface area contributed by atoms with Crippen molar-refractivity contribution < 1.29 is 27.8 Å².